The Morgan fingerprint density at radius 2 is 1.12 bits per heavy atom. The van der Waals surface area contributed by atoms with Crippen LogP contribution < -0.4 is 0 Å². The second kappa shape index (κ2) is 8.57. The fourth-order valence-electron chi connectivity index (χ4n) is 7.23. The van der Waals surface area contributed by atoms with E-state index in [1.54, 1.807) is 0 Å². The lowest BCUT2D eigenvalue weighted by molar-refractivity contribution is 1.18. The molecule has 7 aromatic carbocycles. The van der Waals surface area contributed by atoms with Gasteiger partial charge in [0.15, 0.2) is 0 Å². The average molecular weight is 565 g/mol. The van der Waals surface area contributed by atoms with Gasteiger partial charge < -0.3 is 9.55 Å². The molecule has 0 aliphatic rings. The van der Waals surface area contributed by atoms with Crippen LogP contribution in [0.2, 0.25) is 0 Å². The highest BCUT2D eigenvalue weighted by atomic mass is 32.1. The van der Waals surface area contributed by atoms with E-state index in [2.05, 4.69) is 149 Å². The SMILES string of the molecule is c1ccc(-c2ccc(-n3c4ccccc4c4cc5c(cc43)sc3c4[nH]c6ccccc6c4c4ccccc4c53)cc2)cc1. The molecule has 0 radical (unpaired) electrons. The second-order valence-corrected chi connectivity index (χ2v) is 12.5. The number of thiophene rings is 1. The van der Waals surface area contributed by atoms with Gasteiger partial charge in [-0.15, -0.1) is 11.3 Å². The van der Waals surface area contributed by atoms with Crippen LogP contribution in [0.25, 0.3) is 91.4 Å². The standard InChI is InChI=1S/C40H24N2S/c1-2-10-24(11-3-1)25-18-20-26(21-19-25)42-34-17-9-7-12-27(34)31-22-32-36(23-35(31)42)43-40-38(32)29-14-5-4-13-28(29)37-30-15-6-8-16-33(30)41-39(37)40/h1-23,41H. The van der Waals surface area contributed by atoms with Crippen LogP contribution in [0.15, 0.2) is 140 Å². The zero-order valence-electron chi connectivity index (χ0n) is 23.1. The van der Waals surface area contributed by atoms with Crippen molar-refractivity contribution in [3.8, 4) is 16.8 Å². The molecule has 0 bridgehead atoms. The van der Waals surface area contributed by atoms with Crippen molar-refractivity contribution in [3.63, 3.8) is 0 Å². The molecule has 0 aliphatic heterocycles. The first kappa shape index (κ1) is 23.2. The number of H-pyrrole nitrogens is 1. The van der Waals surface area contributed by atoms with Crippen LogP contribution in [-0.4, -0.2) is 9.55 Å². The van der Waals surface area contributed by atoms with Gasteiger partial charge in [0.1, 0.15) is 0 Å². The van der Waals surface area contributed by atoms with E-state index < -0.39 is 0 Å². The Balaban J connectivity index is 1.31. The van der Waals surface area contributed by atoms with E-state index in [4.69, 9.17) is 0 Å². The van der Waals surface area contributed by atoms with Crippen molar-refractivity contribution in [2.75, 3.05) is 0 Å². The lowest BCUT2D eigenvalue weighted by Crippen LogP contribution is -1.93. The molecule has 43 heavy (non-hydrogen) atoms. The highest BCUT2D eigenvalue weighted by molar-refractivity contribution is 7.27. The Morgan fingerprint density at radius 3 is 1.93 bits per heavy atom. The predicted molar refractivity (Wildman–Crippen MR) is 186 cm³/mol. The van der Waals surface area contributed by atoms with Gasteiger partial charge in [-0.25, -0.2) is 0 Å². The van der Waals surface area contributed by atoms with Crippen LogP contribution in [0.5, 0.6) is 0 Å². The van der Waals surface area contributed by atoms with Gasteiger partial charge in [-0.1, -0.05) is 103 Å². The van der Waals surface area contributed by atoms with Crippen molar-refractivity contribution in [3.05, 3.63) is 140 Å². The Labute approximate surface area is 251 Å². The van der Waals surface area contributed by atoms with Crippen molar-refractivity contribution in [2.24, 2.45) is 0 Å². The molecule has 200 valence electrons. The average Bonchev–Trinajstić information content (AvgIpc) is 3.74. The molecule has 0 spiro atoms. The normalized spacial score (nSPS) is 12.2. The van der Waals surface area contributed by atoms with Crippen LogP contribution >= 0.6 is 11.3 Å². The van der Waals surface area contributed by atoms with E-state index in [0.717, 1.165) is 0 Å². The smallest absolute Gasteiger partial charge is 0.0653 e. The Hall–Kier alpha value is -5.38. The van der Waals surface area contributed by atoms with Crippen LogP contribution in [0.4, 0.5) is 0 Å². The van der Waals surface area contributed by atoms with Crippen molar-refractivity contribution >= 4 is 85.9 Å². The summed E-state index contributed by atoms with van der Waals surface area (Å²) in [6.07, 6.45) is 0. The predicted octanol–water partition coefficient (Wildman–Crippen LogP) is 11.6. The summed E-state index contributed by atoms with van der Waals surface area (Å²) in [5.41, 5.74) is 8.54. The van der Waals surface area contributed by atoms with E-state index in [1.807, 2.05) is 11.3 Å². The summed E-state index contributed by atoms with van der Waals surface area (Å²) in [4.78, 5) is 3.80. The first-order valence-electron chi connectivity index (χ1n) is 14.7. The topological polar surface area (TPSA) is 20.7 Å². The number of aromatic amines is 1. The van der Waals surface area contributed by atoms with E-state index in [1.165, 1.54) is 91.4 Å². The third-order valence-corrected chi connectivity index (χ3v) is 10.3. The van der Waals surface area contributed by atoms with Crippen LogP contribution in [0.1, 0.15) is 0 Å². The number of para-hydroxylation sites is 2. The highest BCUT2D eigenvalue weighted by Gasteiger charge is 2.20. The van der Waals surface area contributed by atoms with Gasteiger partial charge in [-0.2, -0.15) is 0 Å². The molecular weight excluding hydrogens is 541 g/mol. The second-order valence-electron chi connectivity index (χ2n) is 11.4. The summed E-state index contributed by atoms with van der Waals surface area (Å²) in [6.45, 7) is 0. The number of rotatable bonds is 2. The number of aromatic nitrogens is 2. The van der Waals surface area contributed by atoms with E-state index >= 15 is 0 Å². The molecule has 0 fully saturated rings. The molecule has 2 nitrogen and oxygen atoms in total. The first-order chi connectivity index (χ1) is 21.3. The fourth-order valence-corrected chi connectivity index (χ4v) is 8.46. The number of nitrogens with one attached hydrogen (secondary N) is 1. The molecule has 0 saturated carbocycles. The molecule has 0 amide bonds. The van der Waals surface area contributed by atoms with Gasteiger partial charge in [-0.3, -0.25) is 0 Å². The van der Waals surface area contributed by atoms with E-state index in [0.29, 0.717) is 0 Å². The number of benzene rings is 7. The molecule has 10 rings (SSSR count). The Morgan fingerprint density at radius 1 is 0.465 bits per heavy atom. The van der Waals surface area contributed by atoms with Gasteiger partial charge in [-0.05, 0) is 58.3 Å². The molecule has 0 saturated heterocycles. The summed E-state index contributed by atoms with van der Waals surface area (Å²) in [5.74, 6) is 0. The van der Waals surface area contributed by atoms with Gasteiger partial charge in [0.2, 0.25) is 0 Å². The molecule has 3 aromatic heterocycles. The van der Waals surface area contributed by atoms with Crippen molar-refractivity contribution in [1.29, 1.82) is 0 Å². The van der Waals surface area contributed by atoms with Gasteiger partial charge >= 0.3 is 0 Å². The molecule has 0 unspecified atom stereocenters. The molecule has 0 aliphatic carbocycles. The summed E-state index contributed by atoms with van der Waals surface area (Å²) in [7, 11) is 0. The maximum absolute atomic E-state index is 3.80. The van der Waals surface area contributed by atoms with Gasteiger partial charge in [0.05, 0.1) is 21.3 Å². The molecule has 10 aromatic rings. The van der Waals surface area contributed by atoms with Crippen molar-refractivity contribution in [2.45, 2.75) is 0 Å². The third kappa shape index (κ3) is 3.17. The largest absolute Gasteiger partial charge is 0.353 e. The molecule has 1 N–H and O–H groups in total. The summed E-state index contributed by atoms with van der Waals surface area (Å²) < 4.78 is 5.07. The monoisotopic (exact) mass is 564 g/mol. The maximum atomic E-state index is 3.80. The van der Waals surface area contributed by atoms with Gasteiger partial charge in [0, 0.05) is 48.2 Å². The Bertz CT molecular complexity index is 2710. The Kier molecular flexibility index (Phi) is 4.63. The minimum absolute atomic E-state index is 1.18. The highest BCUT2D eigenvalue weighted by Crippen LogP contribution is 2.47. The van der Waals surface area contributed by atoms with Crippen LogP contribution in [-0.2, 0) is 0 Å². The molecule has 3 heterocycles. The summed E-state index contributed by atoms with van der Waals surface area (Å²) >= 11 is 1.91. The molecule has 0 atom stereocenters. The van der Waals surface area contributed by atoms with Crippen molar-refractivity contribution < 1.29 is 0 Å². The molecular formula is C40H24N2S. The quantitative estimate of drug-likeness (QED) is 0.216. The van der Waals surface area contributed by atoms with E-state index in [9.17, 15) is 0 Å². The number of hydrogen-bond acceptors (Lipinski definition) is 1. The van der Waals surface area contributed by atoms with Crippen LogP contribution in [0, 0.1) is 0 Å². The zero-order valence-corrected chi connectivity index (χ0v) is 24.0. The maximum Gasteiger partial charge on any atom is 0.0653 e. The lowest BCUT2D eigenvalue weighted by atomic mass is 9.98. The summed E-state index contributed by atoms with van der Waals surface area (Å²) in [6, 6.07) is 50.9. The number of nitrogens with zero attached hydrogens (tertiary/aromatic N) is 1. The van der Waals surface area contributed by atoms with E-state index in [-0.39, 0.29) is 0 Å². The zero-order chi connectivity index (χ0) is 28.1. The fraction of sp³-hybridized carbons (Fsp3) is 0. The minimum Gasteiger partial charge on any atom is -0.353 e. The third-order valence-electron chi connectivity index (χ3n) is 9.11. The van der Waals surface area contributed by atoms with Gasteiger partial charge in [0.25, 0.3) is 0 Å². The lowest BCUT2D eigenvalue weighted by Gasteiger charge is -2.09. The molecule has 3 heteroatoms. The number of hydrogen-bond donors (Lipinski definition) is 1. The first-order valence-corrected chi connectivity index (χ1v) is 15.5. The summed E-state index contributed by atoms with van der Waals surface area (Å²) in [5, 5.41) is 10.5. The van der Waals surface area contributed by atoms with Crippen LogP contribution in [0.3, 0.4) is 0 Å². The minimum atomic E-state index is 1.18. The van der Waals surface area contributed by atoms with Crippen molar-refractivity contribution in [1.82, 2.24) is 9.55 Å². The number of fused-ring (bicyclic) bond motifs is 13.